The third kappa shape index (κ3) is 2.59. The fraction of sp³-hybridized carbons (Fsp3) is 0.125. The minimum atomic E-state index is -0.952. The van der Waals surface area contributed by atoms with E-state index < -0.39 is 17.7 Å². The summed E-state index contributed by atoms with van der Waals surface area (Å²) in [5.41, 5.74) is 0.0851. The third-order valence-electron chi connectivity index (χ3n) is 1.57. The SMILES string of the molecule is O=C(NS)NCc1cccc(F)c1F. The summed E-state index contributed by atoms with van der Waals surface area (Å²) in [6.07, 6.45) is 0. The number of carbonyl (C=O) groups is 1. The quantitative estimate of drug-likeness (QED) is 0.648. The summed E-state index contributed by atoms with van der Waals surface area (Å²) in [6, 6.07) is 3.19. The zero-order valence-electron chi connectivity index (χ0n) is 7.05. The normalized spacial score (nSPS) is 9.64. The molecule has 2 amide bonds. The highest BCUT2D eigenvalue weighted by Gasteiger charge is 2.07. The molecule has 0 bridgehead atoms. The average Bonchev–Trinajstić information content (AvgIpc) is 2.20. The fourth-order valence-electron chi connectivity index (χ4n) is 0.900. The minimum Gasteiger partial charge on any atom is -0.333 e. The monoisotopic (exact) mass is 218 g/mol. The second-order valence-corrected chi connectivity index (χ2v) is 2.73. The van der Waals surface area contributed by atoms with Crippen molar-refractivity contribution in [2.75, 3.05) is 0 Å². The summed E-state index contributed by atoms with van der Waals surface area (Å²) in [5, 5.41) is 2.28. The molecule has 0 saturated carbocycles. The number of carbonyl (C=O) groups excluding carboxylic acids is 1. The molecule has 0 fully saturated rings. The Morgan fingerprint density at radius 1 is 1.43 bits per heavy atom. The van der Waals surface area contributed by atoms with Gasteiger partial charge in [-0.1, -0.05) is 24.9 Å². The van der Waals surface area contributed by atoms with Gasteiger partial charge in [-0.25, -0.2) is 13.6 Å². The van der Waals surface area contributed by atoms with Crippen molar-refractivity contribution in [1.82, 2.24) is 10.0 Å². The first kappa shape index (κ1) is 10.8. The van der Waals surface area contributed by atoms with Crippen LogP contribution in [0.4, 0.5) is 13.6 Å². The first-order valence-corrected chi connectivity index (χ1v) is 4.20. The summed E-state index contributed by atoms with van der Waals surface area (Å²) >= 11 is 3.48. The van der Waals surface area contributed by atoms with E-state index in [0.717, 1.165) is 6.07 Å². The van der Waals surface area contributed by atoms with E-state index in [0.29, 0.717) is 0 Å². The summed E-state index contributed by atoms with van der Waals surface area (Å²) < 4.78 is 27.7. The van der Waals surface area contributed by atoms with Gasteiger partial charge in [-0.2, -0.15) is 0 Å². The summed E-state index contributed by atoms with van der Waals surface area (Å²) in [4.78, 5) is 10.7. The van der Waals surface area contributed by atoms with Crippen LogP contribution in [0.2, 0.25) is 0 Å². The number of benzene rings is 1. The van der Waals surface area contributed by atoms with E-state index in [1.807, 2.05) is 4.72 Å². The minimum absolute atomic E-state index is 0.0851. The highest BCUT2D eigenvalue weighted by Crippen LogP contribution is 2.10. The number of halogens is 2. The van der Waals surface area contributed by atoms with Crippen LogP contribution >= 0.6 is 12.8 Å². The average molecular weight is 218 g/mol. The molecule has 1 rings (SSSR count). The van der Waals surface area contributed by atoms with Crippen LogP contribution in [0.5, 0.6) is 0 Å². The summed E-state index contributed by atoms with van der Waals surface area (Å²) in [7, 11) is 0. The number of hydrogen-bond acceptors (Lipinski definition) is 2. The Morgan fingerprint density at radius 2 is 2.14 bits per heavy atom. The van der Waals surface area contributed by atoms with Gasteiger partial charge in [0, 0.05) is 12.1 Å². The maximum Gasteiger partial charge on any atom is 0.324 e. The molecule has 0 spiro atoms. The first-order chi connectivity index (χ1) is 6.65. The lowest BCUT2D eigenvalue weighted by Crippen LogP contribution is -2.29. The van der Waals surface area contributed by atoms with Crippen LogP contribution in [-0.4, -0.2) is 6.03 Å². The number of nitrogens with one attached hydrogen (secondary N) is 2. The van der Waals surface area contributed by atoms with Crippen molar-refractivity contribution in [2.24, 2.45) is 0 Å². The smallest absolute Gasteiger partial charge is 0.324 e. The van der Waals surface area contributed by atoms with E-state index in [1.54, 1.807) is 0 Å². The molecule has 0 aromatic heterocycles. The molecule has 0 aliphatic carbocycles. The van der Waals surface area contributed by atoms with Crippen molar-refractivity contribution in [2.45, 2.75) is 6.54 Å². The van der Waals surface area contributed by atoms with Crippen molar-refractivity contribution in [3.05, 3.63) is 35.4 Å². The van der Waals surface area contributed by atoms with Gasteiger partial charge in [0.2, 0.25) is 0 Å². The zero-order chi connectivity index (χ0) is 10.6. The number of rotatable bonds is 2. The predicted octanol–water partition coefficient (Wildman–Crippen LogP) is 1.61. The second kappa shape index (κ2) is 4.80. The molecule has 6 heteroatoms. The van der Waals surface area contributed by atoms with Gasteiger partial charge in [-0.3, -0.25) is 4.72 Å². The maximum atomic E-state index is 13.0. The second-order valence-electron chi connectivity index (χ2n) is 2.51. The highest BCUT2D eigenvalue weighted by atomic mass is 32.1. The molecule has 1 aromatic rings. The van der Waals surface area contributed by atoms with Crippen molar-refractivity contribution in [3.8, 4) is 0 Å². The van der Waals surface area contributed by atoms with E-state index in [9.17, 15) is 13.6 Å². The van der Waals surface area contributed by atoms with Gasteiger partial charge < -0.3 is 5.32 Å². The van der Waals surface area contributed by atoms with Gasteiger partial charge in [0.15, 0.2) is 11.6 Å². The molecule has 14 heavy (non-hydrogen) atoms. The van der Waals surface area contributed by atoms with E-state index in [1.165, 1.54) is 12.1 Å². The Morgan fingerprint density at radius 3 is 2.79 bits per heavy atom. The van der Waals surface area contributed by atoms with Crippen LogP contribution in [0, 0.1) is 11.6 Å². The van der Waals surface area contributed by atoms with Gasteiger partial charge in [0.25, 0.3) is 0 Å². The molecule has 0 radical (unpaired) electrons. The molecule has 0 aliphatic rings. The van der Waals surface area contributed by atoms with Crippen LogP contribution in [0.25, 0.3) is 0 Å². The molecule has 0 unspecified atom stereocenters. The molecular formula is C8H8F2N2OS. The Balaban J connectivity index is 2.68. The predicted molar refractivity (Wildman–Crippen MR) is 50.7 cm³/mol. The number of urea groups is 1. The van der Waals surface area contributed by atoms with Crippen LogP contribution in [0.3, 0.4) is 0 Å². The topological polar surface area (TPSA) is 41.1 Å². The highest BCUT2D eigenvalue weighted by molar-refractivity contribution is 7.78. The van der Waals surface area contributed by atoms with Crippen LogP contribution < -0.4 is 10.0 Å². The van der Waals surface area contributed by atoms with Crippen molar-refractivity contribution in [3.63, 3.8) is 0 Å². The first-order valence-electron chi connectivity index (χ1n) is 3.76. The zero-order valence-corrected chi connectivity index (χ0v) is 7.94. The van der Waals surface area contributed by atoms with Gasteiger partial charge in [-0.05, 0) is 6.07 Å². The van der Waals surface area contributed by atoms with Crippen LogP contribution in [-0.2, 0) is 6.54 Å². The van der Waals surface area contributed by atoms with E-state index in [4.69, 9.17) is 0 Å². The van der Waals surface area contributed by atoms with Crippen LogP contribution in [0.1, 0.15) is 5.56 Å². The molecule has 1 aromatic carbocycles. The molecule has 0 saturated heterocycles. The summed E-state index contributed by atoms with van der Waals surface area (Å²) in [5.74, 6) is -1.89. The Labute approximate surface area is 85.0 Å². The van der Waals surface area contributed by atoms with Gasteiger partial charge in [-0.15, -0.1) is 0 Å². The van der Waals surface area contributed by atoms with Gasteiger partial charge >= 0.3 is 6.03 Å². The fourth-order valence-corrected chi connectivity index (χ4v) is 0.979. The lowest BCUT2D eigenvalue weighted by Gasteiger charge is -2.05. The molecular weight excluding hydrogens is 210 g/mol. The van der Waals surface area contributed by atoms with Crippen LogP contribution in [0.15, 0.2) is 18.2 Å². The standard InChI is InChI=1S/C8H8F2N2OS/c9-6-3-1-2-5(7(6)10)4-11-8(13)12-14/h1-3,14H,4H2,(H2,11,12,13). The molecule has 0 atom stereocenters. The number of thiol groups is 1. The maximum absolute atomic E-state index is 13.0. The van der Waals surface area contributed by atoms with Gasteiger partial charge in [0.1, 0.15) is 0 Å². The third-order valence-corrected chi connectivity index (χ3v) is 1.78. The van der Waals surface area contributed by atoms with E-state index in [2.05, 4.69) is 18.1 Å². The van der Waals surface area contributed by atoms with Gasteiger partial charge in [0.05, 0.1) is 0 Å². The molecule has 3 nitrogen and oxygen atoms in total. The molecule has 0 aliphatic heterocycles. The molecule has 2 N–H and O–H groups in total. The number of amides is 2. The number of hydrogen-bond donors (Lipinski definition) is 3. The molecule has 0 heterocycles. The Bertz CT molecular complexity index is 346. The lowest BCUT2D eigenvalue weighted by molar-refractivity contribution is 0.246. The van der Waals surface area contributed by atoms with E-state index in [-0.39, 0.29) is 12.1 Å². The molecule has 76 valence electrons. The summed E-state index contributed by atoms with van der Waals surface area (Å²) in [6.45, 7) is -0.0873. The van der Waals surface area contributed by atoms with Crippen molar-refractivity contribution >= 4 is 18.8 Å². The Hall–Kier alpha value is -1.30. The largest absolute Gasteiger partial charge is 0.333 e. The Kier molecular flexibility index (Phi) is 3.70. The lowest BCUT2D eigenvalue weighted by atomic mass is 10.2. The van der Waals surface area contributed by atoms with Crippen molar-refractivity contribution < 1.29 is 13.6 Å². The van der Waals surface area contributed by atoms with E-state index >= 15 is 0 Å². The van der Waals surface area contributed by atoms with Crippen molar-refractivity contribution in [1.29, 1.82) is 0 Å².